The number of piperidine rings is 1. The zero-order chi connectivity index (χ0) is 32.5. The largest absolute Gasteiger partial charge is 0.362 e. The number of hydrogen-bond donors (Lipinski definition) is 3. The molecule has 0 aliphatic carbocycles. The Bertz CT molecular complexity index is 1270. The van der Waals surface area contributed by atoms with E-state index in [0.717, 1.165) is 25.7 Å². The zero-order valence-electron chi connectivity index (χ0n) is 26.8. The number of hydrogen-bond acceptors (Lipinski definition) is 6. The summed E-state index contributed by atoms with van der Waals surface area (Å²) in [5.41, 5.74) is 1.73. The molecule has 2 aliphatic rings. The molecule has 3 N–H and O–H groups in total. The van der Waals surface area contributed by atoms with Gasteiger partial charge in [0.1, 0.15) is 17.9 Å². The summed E-state index contributed by atoms with van der Waals surface area (Å²) >= 11 is 6.59. The molecule has 0 bridgehead atoms. The lowest BCUT2D eigenvalue weighted by Gasteiger charge is -2.38. The number of ketones is 1. The standard InChI is InChI=1S/C22H24ClN5O3.C8H16O.C4H10/c1-13-10-25-22(31)20(15-11-24-16-7-3-2-6-14(16)19(15)23)27-18(29)12-26-21(30)17-8-4-5-9-28(13)17;1-3-5-6-7-8(9)4-2;1-3-4-2/h2-3,6-7,11,17,20H,1,4-5,8-10,12H2,(H,25,31)(H,26,30)(H,27,29);3-7H2,1-2H3;3-4H2,1-2H3. The van der Waals surface area contributed by atoms with Crippen LogP contribution in [0.1, 0.15) is 104 Å². The van der Waals surface area contributed by atoms with Gasteiger partial charge in [-0.15, -0.1) is 0 Å². The van der Waals surface area contributed by atoms with E-state index in [1.807, 2.05) is 36.1 Å². The molecular weight excluding hydrogens is 578 g/mol. The van der Waals surface area contributed by atoms with Crippen LogP contribution in [0.5, 0.6) is 0 Å². The van der Waals surface area contributed by atoms with Crippen molar-refractivity contribution in [3.8, 4) is 0 Å². The van der Waals surface area contributed by atoms with Gasteiger partial charge in [-0.3, -0.25) is 24.2 Å². The molecule has 3 heterocycles. The van der Waals surface area contributed by atoms with Gasteiger partial charge in [-0.2, -0.15) is 0 Å². The molecule has 0 saturated carbocycles. The number of rotatable bonds is 7. The van der Waals surface area contributed by atoms with E-state index in [1.165, 1.54) is 31.9 Å². The first-order chi connectivity index (χ1) is 21.2. The van der Waals surface area contributed by atoms with Crippen molar-refractivity contribution in [2.24, 2.45) is 0 Å². The van der Waals surface area contributed by atoms with Crippen molar-refractivity contribution < 1.29 is 19.2 Å². The van der Waals surface area contributed by atoms with Gasteiger partial charge in [0.2, 0.25) is 17.7 Å². The number of halogens is 1. The number of benzene rings is 1. The van der Waals surface area contributed by atoms with Crippen LogP contribution in [-0.4, -0.2) is 59.1 Å². The summed E-state index contributed by atoms with van der Waals surface area (Å²) in [6.07, 6.45) is 11.7. The predicted molar refractivity (Wildman–Crippen MR) is 177 cm³/mol. The maximum absolute atomic E-state index is 13.1. The molecule has 2 unspecified atom stereocenters. The Balaban J connectivity index is 0.000000438. The van der Waals surface area contributed by atoms with Crippen molar-refractivity contribution in [2.45, 2.75) is 104 Å². The van der Waals surface area contributed by atoms with Crippen LogP contribution in [-0.2, 0) is 19.2 Å². The van der Waals surface area contributed by atoms with Gasteiger partial charge in [0.15, 0.2) is 0 Å². The highest BCUT2D eigenvalue weighted by Gasteiger charge is 2.32. The molecule has 1 aromatic carbocycles. The molecule has 4 rings (SSSR count). The average molecular weight is 628 g/mol. The second-order valence-electron chi connectivity index (χ2n) is 11.1. The van der Waals surface area contributed by atoms with Crippen molar-refractivity contribution in [3.63, 3.8) is 0 Å². The second-order valence-corrected chi connectivity index (χ2v) is 11.5. The third-order valence-electron chi connectivity index (χ3n) is 7.67. The Morgan fingerprint density at radius 2 is 1.68 bits per heavy atom. The average Bonchev–Trinajstić information content (AvgIpc) is 3.05. The number of amides is 3. The monoisotopic (exact) mass is 627 g/mol. The van der Waals surface area contributed by atoms with Crippen LogP contribution in [0.4, 0.5) is 0 Å². The molecule has 9 nitrogen and oxygen atoms in total. The van der Waals surface area contributed by atoms with Gasteiger partial charge in [-0.1, -0.05) is 89.8 Å². The summed E-state index contributed by atoms with van der Waals surface area (Å²) in [5.74, 6) is -0.721. The lowest BCUT2D eigenvalue weighted by Crippen LogP contribution is -2.53. The molecule has 1 aromatic heterocycles. The van der Waals surface area contributed by atoms with E-state index in [0.29, 0.717) is 52.4 Å². The molecule has 3 amide bonds. The van der Waals surface area contributed by atoms with Crippen molar-refractivity contribution in [1.82, 2.24) is 25.8 Å². The van der Waals surface area contributed by atoms with E-state index in [-0.39, 0.29) is 25.0 Å². The maximum atomic E-state index is 13.1. The second kappa shape index (κ2) is 19.7. The lowest BCUT2D eigenvalue weighted by molar-refractivity contribution is -0.132. The van der Waals surface area contributed by atoms with E-state index in [1.54, 1.807) is 0 Å². The number of unbranched alkanes of at least 4 members (excludes halogenated alkanes) is 3. The lowest BCUT2D eigenvalue weighted by atomic mass is 10.00. The third-order valence-corrected chi connectivity index (χ3v) is 8.09. The van der Waals surface area contributed by atoms with Crippen LogP contribution in [0.3, 0.4) is 0 Å². The highest BCUT2D eigenvalue weighted by Crippen LogP contribution is 2.30. The number of fused-ring (bicyclic) bond motifs is 2. The van der Waals surface area contributed by atoms with Crippen molar-refractivity contribution in [2.75, 3.05) is 19.6 Å². The third kappa shape index (κ3) is 11.2. The molecule has 10 heteroatoms. The summed E-state index contributed by atoms with van der Waals surface area (Å²) in [5, 5.41) is 9.23. The van der Waals surface area contributed by atoms with E-state index < -0.39 is 17.9 Å². The summed E-state index contributed by atoms with van der Waals surface area (Å²) in [7, 11) is 0. The van der Waals surface area contributed by atoms with Gasteiger partial charge in [-0.25, -0.2) is 0 Å². The zero-order valence-corrected chi connectivity index (χ0v) is 27.6. The van der Waals surface area contributed by atoms with Gasteiger partial charge < -0.3 is 20.9 Å². The van der Waals surface area contributed by atoms with Crippen LogP contribution >= 0.6 is 11.6 Å². The van der Waals surface area contributed by atoms with Gasteiger partial charge in [0.25, 0.3) is 0 Å². The van der Waals surface area contributed by atoms with Crippen molar-refractivity contribution in [1.29, 1.82) is 0 Å². The SMILES string of the molecule is C=C1CNC(=O)C(c2cnc3ccccc3c2Cl)NC(=O)CNC(=O)C2CCCCN12.CCCC.CCCCCC(=O)CC. The molecule has 0 spiro atoms. The summed E-state index contributed by atoms with van der Waals surface area (Å²) < 4.78 is 0. The molecule has 0 radical (unpaired) electrons. The minimum atomic E-state index is -1.06. The Morgan fingerprint density at radius 3 is 2.36 bits per heavy atom. The first kappa shape index (κ1) is 36.7. The van der Waals surface area contributed by atoms with Gasteiger partial charge in [0, 0.05) is 42.2 Å². The predicted octanol–water partition coefficient (Wildman–Crippen LogP) is 6.01. The first-order valence-corrected chi connectivity index (χ1v) is 16.4. The minimum absolute atomic E-state index is 0.160. The van der Waals surface area contributed by atoms with Gasteiger partial charge in [0.05, 0.1) is 23.6 Å². The Kier molecular flexibility index (Phi) is 16.5. The number of Topliss-reactive ketones (excluding diaryl/α,β-unsaturated/α-hetero) is 1. The van der Waals surface area contributed by atoms with E-state index >= 15 is 0 Å². The van der Waals surface area contributed by atoms with E-state index in [9.17, 15) is 19.2 Å². The highest BCUT2D eigenvalue weighted by atomic mass is 35.5. The quantitative estimate of drug-likeness (QED) is 0.323. The van der Waals surface area contributed by atoms with Gasteiger partial charge in [-0.05, 0) is 31.7 Å². The number of para-hydroxylation sites is 1. The van der Waals surface area contributed by atoms with Crippen molar-refractivity contribution >= 4 is 46.0 Å². The summed E-state index contributed by atoms with van der Waals surface area (Å²) in [6.45, 7) is 13.1. The number of nitrogens with one attached hydrogen (secondary N) is 3. The summed E-state index contributed by atoms with van der Waals surface area (Å²) in [4.78, 5) is 55.3. The fourth-order valence-electron chi connectivity index (χ4n) is 4.83. The fourth-order valence-corrected chi connectivity index (χ4v) is 5.15. The number of aromatic nitrogens is 1. The fraction of sp³-hybridized carbons (Fsp3) is 0.559. The molecule has 44 heavy (non-hydrogen) atoms. The molecule has 2 aliphatic heterocycles. The Morgan fingerprint density at radius 1 is 0.977 bits per heavy atom. The van der Waals surface area contributed by atoms with Crippen LogP contribution < -0.4 is 16.0 Å². The molecular formula is C34H50ClN5O4. The van der Waals surface area contributed by atoms with Crippen LogP contribution in [0.25, 0.3) is 10.9 Å². The first-order valence-electron chi connectivity index (χ1n) is 16.0. The molecule has 2 fully saturated rings. The van der Waals surface area contributed by atoms with Gasteiger partial charge >= 0.3 is 0 Å². The minimum Gasteiger partial charge on any atom is -0.362 e. The number of carbonyl (C=O) groups is 4. The van der Waals surface area contributed by atoms with E-state index in [2.05, 4.69) is 48.3 Å². The number of pyridine rings is 1. The molecule has 2 aromatic rings. The maximum Gasteiger partial charge on any atom is 0.247 e. The van der Waals surface area contributed by atoms with Crippen LogP contribution in [0.2, 0.25) is 5.02 Å². The topological polar surface area (TPSA) is 120 Å². The number of nitrogens with zero attached hydrogens (tertiary/aromatic N) is 2. The molecule has 2 saturated heterocycles. The molecule has 2 atom stereocenters. The Labute approximate surface area is 267 Å². The van der Waals surface area contributed by atoms with Crippen LogP contribution in [0.15, 0.2) is 42.7 Å². The van der Waals surface area contributed by atoms with E-state index in [4.69, 9.17) is 11.6 Å². The number of carbonyl (C=O) groups excluding carboxylic acids is 4. The van der Waals surface area contributed by atoms with Crippen molar-refractivity contribution in [3.05, 3.63) is 53.3 Å². The summed E-state index contributed by atoms with van der Waals surface area (Å²) in [6, 6.07) is 5.85. The van der Waals surface area contributed by atoms with Crippen LogP contribution in [0, 0.1) is 0 Å². The highest BCUT2D eigenvalue weighted by molar-refractivity contribution is 6.36. The molecule has 242 valence electrons. The Hall–Kier alpha value is -3.46. The smallest absolute Gasteiger partial charge is 0.247 e. The normalized spacial score (nSPS) is 19.0.